The Balaban J connectivity index is 2.12. The molecule has 2 amide bonds. The summed E-state index contributed by atoms with van der Waals surface area (Å²) < 4.78 is 5.15. The second-order valence-electron chi connectivity index (χ2n) is 5.21. The molecule has 0 radical (unpaired) electrons. The van der Waals surface area contributed by atoms with Gasteiger partial charge in [0.2, 0.25) is 0 Å². The Morgan fingerprint density at radius 2 is 1.96 bits per heavy atom. The van der Waals surface area contributed by atoms with Crippen LogP contribution in [0.2, 0.25) is 0 Å². The molecule has 2 aromatic carbocycles. The number of carbonyl (C=O) groups excluding carboxylic acids is 1. The van der Waals surface area contributed by atoms with E-state index in [9.17, 15) is 9.90 Å². The molecule has 0 saturated carbocycles. The number of hydrogen-bond acceptors (Lipinski definition) is 3. The van der Waals surface area contributed by atoms with Crippen molar-refractivity contribution in [3.05, 3.63) is 60.2 Å². The predicted octanol–water partition coefficient (Wildman–Crippen LogP) is 3.28. The molecule has 0 aromatic heterocycles. The molecule has 0 fully saturated rings. The fourth-order valence-corrected chi connectivity index (χ4v) is 2.44. The van der Waals surface area contributed by atoms with Crippen molar-refractivity contribution in [3.63, 3.8) is 0 Å². The van der Waals surface area contributed by atoms with Gasteiger partial charge in [-0.05, 0) is 24.1 Å². The van der Waals surface area contributed by atoms with Crippen LogP contribution in [-0.2, 0) is 0 Å². The van der Waals surface area contributed by atoms with Crippen molar-refractivity contribution < 1.29 is 14.6 Å². The van der Waals surface area contributed by atoms with Crippen LogP contribution in [0.3, 0.4) is 0 Å². The van der Waals surface area contributed by atoms with Gasteiger partial charge in [0.1, 0.15) is 5.75 Å². The molecule has 0 saturated heterocycles. The standard InChI is InChI=1S/C18H22N2O3/c1-20(17(11-12-21)14-7-4-3-5-8-14)18(22)19-15-9-6-10-16(13-15)23-2/h3-10,13,17,21H,11-12H2,1-2H3,(H,19,22). The SMILES string of the molecule is COc1cccc(NC(=O)N(C)C(CCO)c2ccccc2)c1. The number of anilines is 1. The average Bonchev–Trinajstić information content (AvgIpc) is 2.60. The number of amides is 2. The normalized spacial score (nSPS) is 11.6. The summed E-state index contributed by atoms with van der Waals surface area (Å²) in [4.78, 5) is 14.1. The Kier molecular flexibility index (Phi) is 6.00. The highest BCUT2D eigenvalue weighted by atomic mass is 16.5. The highest BCUT2D eigenvalue weighted by Crippen LogP contribution is 2.24. The number of benzene rings is 2. The van der Waals surface area contributed by atoms with E-state index in [0.717, 1.165) is 5.56 Å². The van der Waals surface area contributed by atoms with Crippen LogP contribution in [-0.4, -0.2) is 36.8 Å². The zero-order chi connectivity index (χ0) is 16.7. The van der Waals surface area contributed by atoms with Crippen LogP contribution >= 0.6 is 0 Å². The number of nitrogens with one attached hydrogen (secondary N) is 1. The van der Waals surface area contributed by atoms with Gasteiger partial charge < -0.3 is 20.1 Å². The second kappa shape index (κ2) is 8.19. The van der Waals surface area contributed by atoms with Crippen molar-refractivity contribution in [2.24, 2.45) is 0 Å². The summed E-state index contributed by atoms with van der Waals surface area (Å²) in [5, 5.41) is 12.2. The molecule has 0 bridgehead atoms. The molecule has 0 spiro atoms. The molecular formula is C18H22N2O3. The number of methoxy groups -OCH3 is 1. The van der Waals surface area contributed by atoms with Crippen LogP contribution in [0.25, 0.3) is 0 Å². The maximum absolute atomic E-state index is 12.5. The van der Waals surface area contributed by atoms with Crippen LogP contribution in [0, 0.1) is 0 Å². The quantitative estimate of drug-likeness (QED) is 0.860. The molecule has 0 aliphatic rings. The van der Waals surface area contributed by atoms with E-state index in [1.54, 1.807) is 31.2 Å². The number of hydrogen-bond donors (Lipinski definition) is 2. The van der Waals surface area contributed by atoms with E-state index in [1.807, 2.05) is 42.5 Å². The van der Waals surface area contributed by atoms with Gasteiger partial charge in [0, 0.05) is 25.4 Å². The Morgan fingerprint density at radius 3 is 2.61 bits per heavy atom. The molecule has 0 aliphatic heterocycles. The molecule has 122 valence electrons. The monoisotopic (exact) mass is 314 g/mol. The molecular weight excluding hydrogens is 292 g/mol. The van der Waals surface area contributed by atoms with E-state index in [-0.39, 0.29) is 18.7 Å². The van der Waals surface area contributed by atoms with Gasteiger partial charge in [-0.2, -0.15) is 0 Å². The lowest BCUT2D eigenvalue weighted by Gasteiger charge is -2.28. The summed E-state index contributed by atoms with van der Waals surface area (Å²) in [6.45, 7) is 0.0103. The van der Waals surface area contributed by atoms with Crippen molar-refractivity contribution in [2.45, 2.75) is 12.5 Å². The summed E-state index contributed by atoms with van der Waals surface area (Å²) in [6, 6.07) is 16.5. The van der Waals surface area contributed by atoms with E-state index < -0.39 is 0 Å². The van der Waals surface area contributed by atoms with Gasteiger partial charge in [0.25, 0.3) is 0 Å². The minimum absolute atomic E-state index is 0.0103. The number of aliphatic hydroxyl groups is 1. The first kappa shape index (κ1) is 16.8. The Morgan fingerprint density at radius 1 is 1.22 bits per heavy atom. The highest BCUT2D eigenvalue weighted by molar-refractivity contribution is 5.89. The highest BCUT2D eigenvalue weighted by Gasteiger charge is 2.21. The van der Waals surface area contributed by atoms with Crippen LogP contribution in [0.15, 0.2) is 54.6 Å². The lowest BCUT2D eigenvalue weighted by molar-refractivity contribution is 0.184. The van der Waals surface area contributed by atoms with Crippen molar-refractivity contribution in [1.82, 2.24) is 4.90 Å². The van der Waals surface area contributed by atoms with Gasteiger partial charge >= 0.3 is 6.03 Å². The van der Waals surface area contributed by atoms with Crippen molar-refractivity contribution >= 4 is 11.7 Å². The molecule has 23 heavy (non-hydrogen) atoms. The molecule has 1 unspecified atom stereocenters. The van der Waals surface area contributed by atoms with E-state index in [1.165, 1.54) is 0 Å². The van der Waals surface area contributed by atoms with E-state index in [2.05, 4.69) is 5.32 Å². The first-order chi connectivity index (χ1) is 11.2. The zero-order valence-electron chi connectivity index (χ0n) is 13.4. The summed E-state index contributed by atoms with van der Waals surface area (Å²) >= 11 is 0. The minimum Gasteiger partial charge on any atom is -0.497 e. The minimum atomic E-state index is -0.236. The molecule has 5 heteroatoms. The third kappa shape index (κ3) is 4.47. The average molecular weight is 314 g/mol. The van der Waals surface area contributed by atoms with E-state index in [0.29, 0.717) is 17.9 Å². The fourth-order valence-electron chi connectivity index (χ4n) is 2.44. The fraction of sp³-hybridized carbons (Fsp3) is 0.278. The topological polar surface area (TPSA) is 61.8 Å². The summed E-state index contributed by atoms with van der Waals surface area (Å²) in [6.07, 6.45) is 0.478. The lowest BCUT2D eigenvalue weighted by Crippen LogP contribution is -2.35. The molecule has 2 rings (SSSR count). The van der Waals surface area contributed by atoms with E-state index >= 15 is 0 Å². The van der Waals surface area contributed by atoms with Gasteiger partial charge in [-0.25, -0.2) is 4.79 Å². The number of urea groups is 1. The molecule has 0 heterocycles. The van der Waals surface area contributed by atoms with Crippen LogP contribution in [0.5, 0.6) is 5.75 Å². The van der Waals surface area contributed by atoms with Crippen LogP contribution in [0.1, 0.15) is 18.0 Å². The third-order valence-corrected chi connectivity index (χ3v) is 3.70. The van der Waals surface area contributed by atoms with Crippen molar-refractivity contribution in [3.8, 4) is 5.75 Å². The van der Waals surface area contributed by atoms with Gasteiger partial charge in [-0.3, -0.25) is 0 Å². The van der Waals surface area contributed by atoms with Gasteiger partial charge in [0.05, 0.1) is 13.2 Å². The lowest BCUT2D eigenvalue weighted by atomic mass is 10.0. The molecule has 0 aliphatic carbocycles. The predicted molar refractivity (Wildman–Crippen MR) is 90.7 cm³/mol. The number of aliphatic hydroxyl groups excluding tert-OH is 1. The number of ether oxygens (including phenoxy) is 1. The summed E-state index contributed by atoms with van der Waals surface area (Å²) in [5.41, 5.74) is 1.65. The smallest absolute Gasteiger partial charge is 0.322 e. The first-order valence-electron chi connectivity index (χ1n) is 7.49. The molecule has 2 N–H and O–H groups in total. The summed E-state index contributed by atoms with van der Waals surface area (Å²) in [5.74, 6) is 0.681. The van der Waals surface area contributed by atoms with Crippen molar-refractivity contribution in [2.75, 3.05) is 26.1 Å². The first-order valence-corrected chi connectivity index (χ1v) is 7.49. The second-order valence-corrected chi connectivity index (χ2v) is 5.21. The van der Waals surface area contributed by atoms with Crippen LogP contribution in [0.4, 0.5) is 10.5 Å². The molecule has 2 aromatic rings. The third-order valence-electron chi connectivity index (χ3n) is 3.70. The van der Waals surface area contributed by atoms with E-state index in [4.69, 9.17) is 4.74 Å². The zero-order valence-corrected chi connectivity index (χ0v) is 13.4. The van der Waals surface area contributed by atoms with Gasteiger partial charge in [0.15, 0.2) is 0 Å². The molecule has 1 atom stereocenters. The maximum Gasteiger partial charge on any atom is 0.322 e. The number of rotatable bonds is 6. The number of nitrogens with zero attached hydrogens (tertiary/aromatic N) is 1. The Labute approximate surface area is 136 Å². The Hall–Kier alpha value is -2.53. The van der Waals surface area contributed by atoms with Gasteiger partial charge in [-0.1, -0.05) is 36.4 Å². The molecule has 5 nitrogen and oxygen atoms in total. The maximum atomic E-state index is 12.5. The van der Waals surface area contributed by atoms with Crippen molar-refractivity contribution in [1.29, 1.82) is 0 Å². The van der Waals surface area contributed by atoms with Gasteiger partial charge in [-0.15, -0.1) is 0 Å². The number of carbonyl (C=O) groups is 1. The van der Waals surface area contributed by atoms with Crippen LogP contribution < -0.4 is 10.1 Å². The Bertz CT molecular complexity index is 631. The largest absolute Gasteiger partial charge is 0.497 e. The summed E-state index contributed by atoms with van der Waals surface area (Å²) in [7, 11) is 3.31.